The quantitative estimate of drug-likeness (QED) is 0.831. The lowest BCUT2D eigenvalue weighted by atomic mass is 10.1. The van der Waals surface area contributed by atoms with E-state index in [1.54, 1.807) is 6.92 Å². The number of hydrogen-bond donors (Lipinski definition) is 1. The summed E-state index contributed by atoms with van der Waals surface area (Å²) >= 11 is 2.04. The highest BCUT2D eigenvalue weighted by atomic mass is 32.2. The van der Waals surface area contributed by atoms with Gasteiger partial charge in [-0.2, -0.15) is 11.8 Å². The molecule has 78 valence electrons. The highest BCUT2D eigenvalue weighted by molar-refractivity contribution is 7.99. The van der Waals surface area contributed by atoms with E-state index < -0.39 is 0 Å². The van der Waals surface area contributed by atoms with Crippen molar-refractivity contribution in [3.05, 3.63) is 5.89 Å². The molecule has 1 aromatic heterocycles. The molecule has 1 saturated heterocycles. The molecule has 0 saturated carbocycles. The van der Waals surface area contributed by atoms with Gasteiger partial charge in [-0.25, -0.2) is 0 Å². The smallest absolute Gasteiger partial charge is 0.315 e. The Morgan fingerprint density at radius 2 is 2.50 bits per heavy atom. The zero-order valence-corrected chi connectivity index (χ0v) is 9.14. The number of anilines is 1. The zero-order valence-electron chi connectivity index (χ0n) is 8.32. The minimum Gasteiger partial charge on any atom is -0.408 e. The molecule has 2 rings (SSSR count). The summed E-state index contributed by atoms with van der Waals surface area (Å²) in [4.78, 5) is 0. The van der Waals surface area contributed by atoms with Crippen LogP contribution >= 0.6 is 11.8 Å². The number of aromatic nitrogens is 2. The number of aryl methyl sites for hydroxylation is 1. The van der Waals surface area contributed by atoms with Crippen LogP contribution in [0.5, 0.6) is 0 Å². The molecule has 0 amide bonds. The molecule has 0 bridgehead atoms. The van der Waals surface area contributed by atoms with Gasteiger partial charge in [0.15, 0.2) is 0 Å². The van der Waals surface area contributed by atoms with E-state index in [-0.39, 0.29) is 0 Å². The molecule has 1 aliphatic rings. The first-order chi connectivity index (χ1) is 6.84. The van der Waals surface area contributed by atoms with Crippen molar-refractivity contribution in [2.45, 2.75) is 19.8 Å². The second kappa shape index (κ2) is 4.68. The zero-order chi connectivity index (χ0) is 9.80. The molecule has 1 N–H and O–H groups in total. The van der Waals surface area contributed by atoms with Gasteiger partial charge < -0.3 is 9.73 Å². The van der Waals surface area contributed by atoms with Crippen LogP contribution in [0.1, 0.15) is 18.7 Å². The Bertz CT molecular complexity index is 283. The summed E-state index contributed by atoms with van der Waals surface area (Å²) in [5.74, 6) is 3.93. The average molecular weight is 213 g/mol. The van der Waals surface area contributed by atoms with Crippen LogP contribution in [0, 0.1) is 12.8 Å². The number of rotatable bonds is 3. The lowest BCUT2D eigenvalue weighted by Gasteiger charge is -2.20. The van der Waals surface area contributed by atoms with Crippen molar-refractivity contribution in [1.29, 1.82) is 0 Å². The van der Waals surface area contributed by atoms with E-state index in [1.807, 2.05) is 11.8 Å². The number of hydrogen-bond acceptors (Lipinski definition) is 5. The number of thioether (sulfide) groups is 1. The maximum Gasteiger partial charge on any atom is 0.315 e. The van der Waals surface area contributed by atoms with Crippen molar-refractivity contribution in [2.24, 2.45) is 5.92 Å². The average Bonchev–Trinajstić information content (AvgIpc) is 2.63. The van der Waals surface area contributed by atoms with Crippen LogP contribution in [-0.4, -0.2) is 28.2 Å². The van der Waals surface area contributed by atoms with Crippen LogP contribution in [0.3, 0.4) is 0 Å². The Kier molecular flexibility index (Phi) is 3.29. The highest BCUT2D eigenvalue weighted by Gasteiger charge is 2.14. The maximum absolute atomic E-state index is 5.23. The van der Waals surface area contributed by atoms with E-state index in [0.717, 1.165) is 12.5 Å². The third-order valence-electron chi connectivity index (χ3n) is 2.32. The largest absolute Gasteiger partial charge is 0.408 e. The maximum atomic E-state index is 5.23. The Hall–Kier alpha value is -0.710. The molecule has 5 heteroatoms. The molecule has 0 aromatic carbocycles. The van der Waals surface area contributed by atoms with Gasteiger partial charge in [0.2, 0.25) is 5.89 Å². The molecule has 0 spiro atoms. The van der Waals surface area contributed by atoms with Crippen LogP contribution < -0.4 is 5.32 Å². The summed E-state index contributed by atoms with van der Waals surface area (Å²) < 4.78 is 5.23. The minimum atomic E-state index is 0.554. The SMILES string of the molecule is Cc1nnc(NC[C@H]2CCCSC2)o1. The molecular weight excluding hydrogens is 198 g/mol. The van der Waals surface area contributed by atoms with Crippen molar-refractivity contribution in [3.63, 3.8) is 0 Å². The molecular formula is C9H15N3OS. The van der Waals surface area contributed by atoms with Crippen LogP contribution in [-0.2, 0) is 0 Å². The fourth-order valence-corrected chi connectivity index (χ4v) is 2.72. The van der Waals surface area contributed by atoms with Crippen LogP contribution in [0.15, 0.2) is 4.42 Å². The van der Waals surface area contributed by atoms with Gasteiger partial charge in [0.25, 0.3) is 0 Å². The molecule has 0 aliphatic carbocycles. The minimum absolute atomic E-state index is 0.554. The van der Waals surface area contributed by atoms with E-state index in [4.69, 9.17) is 4.42 Å². The third kappa shape index (κ3) is 2.64. The number of nitrogens with one attached hydrogen (secondary N) is 1. The molecule has 14 heavy (non-hydrogen) atoms. The molecule has 1 aromatic rings. The highest BCUT2D eigenvalue weighted by Crippen LogP contribution is 2.22. The van der Waals surface area contributed by atoms with Crippen LogP contribution in [0.4, 0.5) is 6.01 Å². The molecule has 1 aliphatic heterocycles. The van der Waals surface area contributed by atoms with Gasteiger partial charge in [0.05, 0.1) is 0 Å². The topological polar surface area (TPSA) is 51.0 Å². The molecule has 1 fully saturated rings. The van der Waals surface area contributed by atoms with Gasteiger partial charge in [0.1, 0.15) is 0 Å². The van der Waals surface area contributed by atoms with Gasteiger partial charge in [-0.1, -0.05) is 5.10 Å². The predicted octanol–water partition coefficient (Wildman–Crippen LogP) is 1.93. The van der Waals surface area contributed by atoms with Crippen LogP contribution in [0.25, 0.3) is 0 Å². The van der Waals surface area contributed by atoms with Crippen molar-refractivity contribution < 1.29 is 4.42 Å². The van der Waals surface area contributed by atoms with Gasteiger partial charge >= 0.3 is 6.01 Å². The summed E-state index contributed by atoms with van der Waals surface area (Å²) in [5, 5.41) is 10.8. The van der Waals surface area contributed by atoms with Gasteiger partial charge in [-0.15, -0.1) is 5.10 Å². The lowest BCUT2D eigenvalue weighted by molar-refractivity contribution is 0.507. The predicted molar refractivity (Wildman–Crippen MR) is 57.6 cm³/mol. The summed E-state index contributed by atoms with van der Waals surface area (Å²) in [6.07, 6.45) is 2.65. The van der Waals surface area contributed by atoms with E-state index in [2.05, 4.69) is 15.5 Å². The van der Waals surface area contributed by atoms with Gasteiger partial charge in [0, 0.05) is 13.5 Å². The number of nitrogens with zero attached hydrogens (tertiary/aromatic N) is 2. The van der Waals surface area contributed by atoms with Crippen LogP contribution in [0.2, 0.25) is 0 Å². The molecule has 4 nitrogen and oxygen atoms in total. The molecule has 0 radical (unpaired) electrons. The summed E-state index contributed by atoms with van der Waals surface area (Å²) in [7, 11) is 0. The first-order valence-electron chi connectivity index (χ1n) is 4.96. The second-order valence-corrected chi connectivity index (χ2v) is 4.74. The Labute approximate surface area is 87.9 Å². The van der Waals surface area contributed by atoms with E-state index in [1.165, 1.54) is 24.3 Å². The van der Waals surface area contributed by atoms with Crippen molar-refractivity contribution in [3.8, 4) is 0 Å². The van der Waals surface area contributed by atoms with Crippen molar-refractivity contribution >= 4 is 17.8 Å². The first kappa shape index (κ1) is 9.83. The van der Waals surface area contributed by atoms with Gasteiger partial charge in [-0.3, -0.25) is 0 Å². The van der Waals surface area contributed by atoms with Crippen molar-refractivity contribution in [2.75, 3.05) is 23.4 Å². The monoisotopic (exact) mass is 213 g/mol. The standard InChI is InChI=1S/C9H15N3OS/c1-7-11-12-9(13-7)10-5-8-3-2-4-14-6-8/h8H,2-6H2,1H3,(H,10,12)/t8-/m1/s1. The summed E-state index contributed by atoms with van der Waals surface area (Å²) in [6.45, 7) is 2.75. The van der Waals surface area contributed by atoms with E-state index in [9.17, 15) is 0 Å². The second-order valence-electron chi connectivity index (χ2n) is 3.59. The fraction of sp³-hybridized carbons (Fsp3) is 0.778. The summed E-state index contributed by atoms with van der Waals surface area (Å²) in [6, 6.07) is 0.554. The third-order valence-corrected chi connectivity index (χ3v) is 3.61. The van der Waals surface area contributed by atoms with E-state index in [0.29, 0.717) is 11.9 Å². The Balaban J connectivity index is 1.76. The van der Waals surface area contributed by atoms with E-state index >= 15 is 0 Å². The van der Waals surface area contributed by atoms with Crippen molar-refractivity contribution in [1.82, 2.24) is 10.2 Å². The normalized spacial score (nSPS) is 22.2. The fourth-order valence-electron chi connectivity index (χ4n) is 1.57. The summed E-state index contributed by atoms with van der Waals surface area (Å²) in [5.41, 5.74) is 0. The molecule has 1 atom stereocenters. The Morgan fingerprint density at radius 1 is 1.57 bits per heavy atom. The molecule has 2 heterocycles. The molecule has 0 unspecified atom stereocenters. The lowest BCUT2D eigenvalue weighted by Crippen LogP contribution is -2.20. The first-order valence-corrected chi connectivity index (χ1v) is 6.12. The van der Waals surface area contributed by atoms with Gasteiger partial charge in [-0.05, 0) is 30.3 Å². The Morgan fingerprint density at radius 3 is 3.14 bits per heavy atom.